The third-order valence-electron chi connectivity index (χ3n) is 2.91. The highest BCUT2D eigenvalue weighted by Gasteiger charge is 2.26. The normalized spacial score (nSPS) is 9.62. The van der Waals surface area contributed by atoms with E-state index in [9.17, 15) is 33.6 Å². The fourth-order valence-corrected chi connectivity index (χ4v) is 0.667. The van der Waals surface area contributed by atoms with Crippen molar-refractivity contribution in [2.24, 2.45) is 10.8 Å². The molecule has 0 aromatic heterocycles. The van der Waals surface area contributed by atoms with Gasteiger partial charge in [0.25, 0.3) is 0 Å². The molecule has 0 unspecified atom stereocenters. The number of aliphatic carboxylic acids is 1. The Labute approximate surface area is 139 Å². The topological polar surface area (TPSA) is 140 Å². The summed E-state index contributed by atoms with van der Waals surface area (Å²) in [6, 6.07) is 0. The Morgan fingerprint density at radius 1 is 0.792 bits per heavy atom. The Morgan fingerprint density at radius 3 is 0.958 bits per heavy atom. The van der Waals surface area contributed by atoms with Crippen LogP contribution in [-0.2, 0) is 33.6 Å². The van der Waals surface area contributed by atoms with Crippen molar-refractivity contribution in [1.29, 1.82) is 0 Å². The lowest BCUT2D eigenvalue weighted by molar-refractivity contribution is -0.135. The van der Waals surface area contributed by atoms with E-state index in [1.165, 1.54) is 6.92 Å². The van der Waals surface area contributed by atoms with E-state index in [2.05, 4.69) is 6.58 Å². The average molecular weight is 342 g/mol. The van der Waals surface area contributed by atoms with E-state index in [1.807, 2.05) is 0 Å². The first kappa shape index (κ1) is 26.1. The van der Waals surface area contributed by atoms with Gasteiger partial charge in [-0.3, -0.25) is 0 Å². The summed E-state index contributed by atoms with van der Waals surface area (Å²) < 4.78 is 0. The number of carbonyl (C=O) groups is 7. The van der Waals surface area contributed by atoms with Crippen LogP contribution in [0, 0.1) is 10.8 Å². The Kier molecular flexibility index (Phi) is 15.1. The van der Waals surface area contributed by atoms with E-state index in [0.717, 1.165) is 0 Å². The van der Waals surface area contributed by atoms with Crippen molar-refractivity contribution in [3.63, 3.8) is 0 Å². The van der Waals surface area contributed by atoms with Crippen LogP contribution in [-0.4, -0.2) is 48.8 Å². The van der Waals surface area contributed by atoms with Gasteiger partial charge in [-0.15, -0.1) is 0 Å². The van der Waals surface area contributed by atoms with Gasteiger partial charge < -0.3 is 33.9 Å². The summed E-state index contributed by atoms with van der Waals surface area (Å²) in [5.41, 5.74) is -2.57. The Morgan fingerprint density at radius 2 is 0.958 bits per heavy atom. The quantitative estimate of drug-likeness (QED) is 0.365. The number of carboxylic acids is 1. The molecule has 24 heavy (non-hydrogen) atoms. The maximum atomic E-state index is 10.1. The largest absolute Gasteiger partial charge is 0.478 e. The molecule has 0 bridgehead atoms. The minimum atomic E-state index is -1.38. The summed E-state index contributed by atoms with van der Waals surface area (Å²) in [4.78, 5) is 69.9. The molecule has 8 heteroatoms. The molecule has 0 aromatic carbocycles. The molecule has 0 heterocycles. The van der Waals surface area contributed by atoms with Gasteiger partial charge in [-0.1, -0.05) is 20.4 Å². The maximum Gasteiger partial charge on any atom is 0.330 e. The van der Waals surface area contributed by atoms with Crippen LogP contribution >= 0.6 is 0 Å². The highest BCUT2D eigenvalue weighted by Crippen LogP contribution is 2.10. The third kappa shape index (κ3) is 10.0. The van der Waals surface area contributed by atoms with Crippen LogP contribution in [0.25, 0.3) is 0 Å². The van der Waals surface area contributed by atoms with E-state index in [1.54, 1.807) is 13.8 Å². The van der Waals surface area contributed by atoms with Gasteiger partial charge in [0, 0.05) is 5.57 Å². The highest BCUT2D eigenvalue weighted by atomic mass is 16.4. The van der Waals surface area contributed by atoms with Gasteiger partial charge in [0.15, 0.2) is 0 Å². The van der Waals surface area contributed by atoms with Crippen LogP contribution in [0.5, 0.6) is 0 Å². The summed E-state index contributed by atoms with van der Waals surface area (Å²) in [7, 11) is 0. The van der Waals surface area contributed by atoms with Crippen LogP contribution in [0.4, 0.5) is 0 Å². The molecule has 0 spiro atoms. The molecule has 0 aliphatic rings. The molecule has 0 saturated carbocycles. The van der Waals surface area contributed by atoms with Gasteiger partial charge in [-0.25, -0.2) is 4.79 Å². The molecular formula is C16H22O8. The SMILES string of the molecule is C=C(C)C(=O)O.CCC(C=O)(C=O)C=O.CCC(C=O)(C=O)C=O. The standard InChI is InChI=1S/2C6H8O3.C4H6O2/c2*1-2-6(3-7,4-8)5-9;1-3(2)4(5)6/h2*3-5H,2H2,1H3;1H2,2H3,(H,5,6). The van der Waals surface area contributed by atoms with Gasteiger partial charge in [0.05, 0.1) is 0 Å². The molecule has 0 aliphatic carbocycles. The third-order valence-corrected chi connectivity index (χ3v) is 2.91. The lowest BCUT2D eigenvalue weighted by Crippen LogP contribution is -2.24. The van der Waals surface area contributed by atoms with Gasteiger partial charge in [0.1, 0.15) is 48.5 Å². The van der Waals surface area contributed by atoms with Crippen molar-refractivity contribution < 1.29 is 38.7 Å². The van der Waals surface area contributed by atoms with Crippen molar-refractivity contribution in [2.45, 2.75) is 33.6 Å². The van der Waals surface area contributed by atoms with E-state index in [4.69, 9.17) is 5.11 Å². The minimum Gasteiger partial charge on any atom is -0.478 e. The fourth-order valence-electron chi connectivity index (χ4n) is 0.667. The second-order valence-corrected chi connectivity index (χ2v) is 4.72. The van der Waals surface area contributed by atoms with E-state index in [-0.39, 0.29) is 18.4 Å². The van der Waals surface area contributed by atoms with Crippen LogP contribution in [0.3, 0.4) is 0 Å². The fraction of sp³-hybridized carbons (Fsp3) is 0.438. The molecule has 8 nitrogen and oxygen atoms in total. The van der Waals surface area contributed by atoms with E-state index >= 15 is 0 Å². The van der Waals surface area contributed by atoms with E-state index < -0.39 is 16.8 Å². The molecule has 0 fully saturated rings. The van der Waals surface area contributed by atoms with Crippen molar-refractivity contribution in [3.05, 3.63) is 12.2 Å². The first-order valence-corrected chi connectivity index (χ1v) is 6.80. The predicted molar refractivity (Wildman–Crippen MR) is 84.3 cm³/mol. The Bertz CT molecular complexity index is 391. The van der Waals surface area contributed by atoms with Gasteiger partial charge in [0.2, 0.25) is 0 Å². The molecule has 0 aliphatic heterocycles. The average Bonchev–Trinajstić information content (AvgIpc) is 2.61. The molecule has 0 rings (SSSR count). The predicted octanol–water partition coefficient (Wildman–Crippen LogP) is 0.606. The highest BCUT2D eigenvalue weighted by molar-refractivity contribution is 6.02. The summed E-state index contributed by atoms with van der Waals surface area (Å²) in [5, 5.41) is 7.89. The van der Waals surface area contributed by atoms with Crippen LogP contribution in [0.15, 0.2) is 12.2 Å². The summed E-state index contributed by atoms with van der Waals surface area (Å²) in [6.45, 7) is 7.82. The molecule has 134 valence electrons. The first-order chi connectivity index (χ1) is 11.1. The van der Waals surface area contributed by atoms with Crippen molar-refractivity contribution in [3.8, 4) is 0 Å². The van der Waals surface area contributed by atoms with Crippen molar-refractivity contribution in [1.82, 2.24) is 0 Å². The van der Waals surface area contributed by atoms with Gasteiger partial charge >= 0.3 is 5.97 Å². The van der Waals surface area contributed by atoms with Gasteiger partial charge in [-0.05, 0) is 19.8 Å². The summed E-state index contributed by atoms with van der Waals surface area (Å²) in [6.07, 6.45) is 2.69. The molecule has 0 amide bonds. The summed E-state index contributed by atoms with van der Waals surface area (Å²) in [5.74, 6) is -0.935. The number of rotatable bonds is 9. The zero-order valence-electron chi connectivity index (χ0n) is 13.9. The van der Waals surface area contributed by atoms with Crippen LogP contribution in [0.2, 0.25) is 0 Å². The zero-order chi connectivity index (χ0) is 19.8. The lowest BCUT2D eigenvalue weighted by atomic mass is 9.91. The second-order valence-electron chi connectivity index (χ2n) is 4.72. The second kappa shape index (κ2) is 13.9. The number of hydrogen-bond acceptors (Lipinski definition) is 7. The number of carboxylic acid groups (broad SMARTS) is 1. The molecule has 1 N–H and O–H groups in total. The van der Waals surface area contributed by atoms with Crippen LogP contribution in [0.1, 0.15) is 33.6 Å². The monoisotopic (exact) mass is 342 g/mol. The minimum absolute atomic E-state index is 0.176. The summed E-state index contributed by atoms with van der Waals surface area (Å²) >= 11 is 0. The molecule has 0 radical (unpaired) electrons. The molecular weight excluding hydrogens is 320 g/mol. The molecule has 0 atom stereocenters. The number of hydrogen-bond donors (Lipinski definition) is 1. The smallest absolute Gasteiger partial charge is 0.330 e. The van der Waals surface area contributed by atoms with Gasteiger partial charge in [-0.2, -0.15) is 0 Å². The molecule has 0 saturated heterocycles. The Hall–Kier alpha value is -2.77. The molecule has 0 aromatic rings. The Balaban J connectivity index is -0.000000282. The van der Waals surface area contributed by atoms with Crippen molar-refractivity contribution in [2.75, 3.05) is 0 Å². The van der Waals surface area contributed by atoms with Crippen molar-refractivity contribution >= 4 is 43.7 Å². The zero-order valence-corrected chi connectivity index (χ0v) is 13.9. The number of aldehydes is 6. The van der Waals surface area contributed by atoms with Crippen LogP contribution < -0.4 is 0 Å². The van der Waals surface area contributed by atoms with E-state index in [0.29, 0.717) is 37.7 Å². The first-order valence-electron chi connectivity index (χ1n) is 6.80. The lowest BCUT2D eigenvalue weighted by Gasteiger charge is -2.07. The maximum absolute atomic E-state index is 10.1. The number of carbonyl (C=O) groups excluding carboxylic acids is 6.